The Hall–Kier alpha value is -2.24. The van der Waals surface area contributed by atoms with Crippen LogP contribution in [0, 0.1) is 10.1 Å². The Morgan fingerprint density at radius 2 is 2.00 bits per heavy atom. The van der Waals surface area contributed by atoms with Crippen molar-refractivity contribution in [3.05, 3.63) is 50.6 Å². The second kappa shape index (κ2) is 6.58. The summed E-state index contributed by atoms with van der Waals surface area (Å²) in [6, 6.07) is 7.61. The van der Waals surface area contributed by atoms with Crippen LogP contribution in [0.5, 0.6) is 0 Å². The van der Waals surface area contributed by atoms with Crippen LogP contribution in [-0.2, 0) is 9.84 Å². The molecule has 0 atom stereocenters. The van der Waals surface area contributed by atoms with E-state index in [1.165, 1.54) is 29.7 Å². The van der Waals surface area contributed by atoms with Gasteiger partial charge in [0.25, 0.3) is 5.69 Å². The molecule has 0 spiro atoms. The summed E-state index contributed by atoms with van der Waals surface area (Å²) in [6.07, 6.45) is 2.37. The molecule has 0 aliphatic carbocycles. The van der Waals surface area contributed by atoms with Crippen LogP contribution >= 0.6 is 27.3 Å². The molecule has 25 heavy (non-hydrogen) atoms. The normalized spacial score (nSPS) is 11.4. The van der Waals surface area contributed by atoms with Crippen molar-refractivity contribution < 1.29 is 13.3 Å². The lowest BCUT2D eigenvalue weighted by Crippen LogP contribution is -2.04. The van der Waals surface area contributed by atoms with Gasteiger partial charge in [-0.25, -0.2) is 23.4 Å². The molecule has 1 aromatic carbocycles. The Labute approximate surface area is 154 Å². The molecule has 128 valence electrons. The van der Waals surface area contributed by atoms with Crippen molar-refractivity contribution in [3.63, 3.8) is 0 Å². The minimum atomic E-state index is -3.56. The first-order chi connectivity index (χ1) is 11.8. The SMILES string of the molecule is CS(=O)(=O)c1nccc(-c2sc(Br)nc2-c2cccc([N+](=O)[O-])c2)n1. The summed E-state index contributed by atoms with van der Waals surface area (Å²) in [5.74, 6) is 0. The van der Waals surface area contributed by atoms with Crippen molar-refractivity contribution in [1.82, 2.24) is 15.0 Å². The zero-order valence-corrected chi connectivity index (χ0v) is 15.8. The van der Waals surface area contributed by atoms with Gasteiger partial charge in [-0.3, -0.25) is 10.1 Å². The average Bonchev–Trinajstić information content (AvgIpc) is 2.96. The second-order valence-electron chi connectivity index (χ2n) is 4.95. The zero-order chi connectivity index (χ0) is 18.2. The summed E-state index contributed by atoms with van der Waals surface area (Å²) >= 11 is 4.54. The quantitative estimate of drug-likeness (QED) is 0.346. The van der Waals surface area contributed by atoms with Crippen molar-refractivity contribution in [2.24, 2.45) is 0 Å². The fraction of sp³-hybridized carbons (Fsp3) is 0.0714. The van der Waals surface area contributed by atoms with Crippen LogP contribution in [0.2, 0.25) is 0 Å². The van der Waals surface area contributed by atoms with Gasteiger partial charge < -0.3 is 0 Å². The van der Waals surface area contributed by atoms with E-state index in [9.17, 15) is 18.5 Å². The Bertz CT molecular complexity index is 1080. The smallest absolute Gasteiger partial charge is 0.258 e. The van der Waals surface area contributed by atoms with Gasteiger partial charge in [0.15, 0.2) is 3.92 Å². The molecule has 0 unspecified atom stereocenters. The molecule has 0 radical (unpaired) electrons. The monoisotopic (exact) mass is 440 g/mol. The van der Waals surface area contributed by atoms with E-state index >= 15 is 0 Å². The number of non-ortho nitro benzene ring substituents is 1. The number of nitro benzene ring substituents is 1. The average molecular weight is 441 g/mol. The lowest BCUT2D eigenvalue weighted by atomic mass is 10.1. The molecule has 2 aromatic heterocycles. The van der Waals surface area contributed by atoms with Crippen molar-refractivity contribution in [2.45, 2.75) is 5.16 Å². The molecule has 8 nitrogen and oxygen atoms in total. The maximum Gasteiger partial charge on any atom is 0.270 e. The van der Waals surface area contributed by atoms with Gasteiger partial charge in [-0.1, -0.05) is 12.1 Å². The van der Waals surface area contributed by atoms with Crippen molar-refractivity contribution >= 4 is 42.8 Å². The first-order valence-corrected chi connectivity index (χ1v) is 10.2. The van der Waals surface area contributed by atoms with Crippen molar-refractivity contribution in [2.75, 3.05) is 6.26 Å². The highest BCUT2D eigenvalue weighted by Crippen LogP contribution is 2.38. The topological polar surface area (TPSA) is 116 Å². The first-order valence-electron chi connectivity index (χ1n) is 6.70. The molecule has 0 aliphatic heterocycles. The van der Waals surface area contributed by atoms with Gasteiger partial charge in [-0.05, 0) is 22.0 Å². The molecule has 11 heteroatoms. The van der Waals surface area contributed by atoms with E-state index in [0.29, 0.717) is 25.7 Å². The van der Waals surface area contributed by atoms with Crippen LogP contribution in [0.4, 0.5) is 5.69 Å². The fourth-order valence-electron chi connectivity index (χ4n) is 2.08. The zero-order valence-electron chi connectivity index (χ0n) is 12.6. The van der Waals surface area contributed by atoms with Crippen LogP contribution < -0.4 is 0 Å². The Kier molecular flexibility index (Phi) is 4.62. The van der Waals surface area contributed by atoms with Crippen LogP contribution in [0.1, 0.15) is 0 Å². The highest BCUT2D eigenvalue weighted by Gasteiger charge is 2.19. The van der Waals surface area contributed by atoms with Gasteiger partial charge in [0.05, 0.1) is 21.2 Å². The van der Waals surface area contributed by atoms with Gasteiger partial charge in [-0.2, -0.15) is 0 Å². The molecule has 0 bridgehead atoms. The summed E-state index contributed by atoms with van der Waals surface area (Å²) in [5.41, 5.74) is 1.32. The van der Waals surface area contributed by atoms with Gasteiger partial charge in [0.1, 0.15) is 0 Å². The Morgan fingerprint density at radius 1 is 1.24 bits per heavy atom. The minimum Gasteiger partial charge on any atom is -0.258 e. The number of nitro groups is 1. The van der Waals surface area contributed by atoms with E-state index in [0.717, 1.165) is 6.26 Å². The third kappa shape index (κ3) is 3.72. The predicted molar refractivity (Wildman–Crippen MR) is 96.0 cm³/mol. The van der Waals surface area contributed by atoms with Crippen LogP contribution in [0.3, 0.4) is 0 Å². The lowest BCUT2D eigenvalue weighted by Gasteiger charge is -2.04. The number of nitrogens with zero attached hydrogens (tertiary/aromatic N) is 4. The Balaban J connectivity index is 2.18. The number of hydrogen-bond donors (Lipinski definition) is 0. The van der Waals surface area contributed by atoms with Crippen molar-refractivity contribution in [1.29, 1.82) is 0 Å². The van der Waals surface area contributed by atoms with Gasteiger partial charge >= 0.3 is 0 Å². The molecular formula is C14H9BrN4O4S2. The molecular weight excluding hydrogens is 432 g/mol. The maximum absolute atomic E-state index is 11.7. The summed E-state index contributed by atoms with van der Waals surface area (Å²) in [6.45, 7) is 0. The standard InChI is InChI=1S/C14H9BrN4O4S2/c1-25(22,23)14-16-6-5-10(17-14)12-11(18-13(15)24-12)8-3-2-4-9(7-8)19(20)21/h2-7H,1H3. The molecule has 3 aromatic rings. The summed E-state index contributed by atoms with van der Waals surface area (Å²) in [7, 11) is -3.56. The van der Waals surface area contributed by atoms with E-state index < -0.39 is 14.8 Å². The molecule has 0 fully saturated rings. The van der Waals surface area contributed by atoms with Crippen molar-refractivity contribution in [3.8, 4) is 21.8 Å². The van der Waals surface area contributed by atoms with E-state index in [4.69, 9.17) is 0 Å². The highest BCUT2D eigenvalue weighted by atomic mass is 79.9. The third-order valence-corrected chi connectivity index (χ3v) is 5.52. The molecule has 3 rings (SSSR count). The third-order valence-electron chi connectivity index (χ3n) is 3.13. The van der Waals surface area contributed by atoms with Crippen LogP contribution in [0.25, 0.3) is 21.8 Å². The number of aromatic nitrogens is 3. The first kappa shape index (κ1) is 17.6. The fourth-order valence-corrected chi connectivity index (χ4v) is 4.04. The molecule has 0 amide bonds. The number of sulfone groups is 1. The van der Waals surface area contributed by atoms with Gasteiger partial charge in [0.2, 0.25) is 15.0 Å². The van der Waals surface area contributed by atoms with Crippen LogP contribution in [0.15, 0.2) is 45.6 Å². The number of rotatable bonds is 4. The van der Waals surface area contributed by atoms with Crippen LogP contribution in [-0.4, -0.2) is 34.5 Å². The predicted octanol–water partition coefficient (Wildman–Crippen LogP) is 3.34. The van der Waals surface area contributed by atoms with E-state index in [1.807, 2.05) is 0 Å². The van der Waals surface area contributed by atoms with E-state index in [2.05, 4.69) is 30.9 Å². The summed E-state index contributed by atoms with van der Waals surface area (Å²) in [4.78, 5) is 23.3. The van der Waals surface area contributed by atoms with E-state index in [-0.39, 0.29) is 10.8 Å². The summed E-state index contributed by atoms with van der Waals surface area (Å²) in [5, 5.41) is 10.7. The Morgan fingerprint density at radius 3 is 2.68 bits per heavy atom. The highest BCUT2D eigenvalue weighted by molar-refractivity contribution is 9.11. The number of halogens is 1. The molecule has 0 saturated carbocycles. The molecule has 2 heterocycles. The van der Waals surface area contributed by atoms with Gasteiger partial charge in [-0.15, -0.1) is 11.3 Å². The van der Waals surface area contributed by atoms with Gasteiger partial charge in [0, 0.05) is 30.1 Å². The largest absolute Gasteiger partial charge is 0.270 e. The maximum atomic E-state index is 11.7. The molecule has 0 aliphatic rings. The minimum absolute atomic E-state index is 0.0629. The van der Waals surface area contributed by atoms with E-state index in [1.54, 1.807) is 18.2 Å². The summed E-state index contributed by atoms with van der Waals surface area (Å²) < 4.78 is 23.9. The molecule has 0 saturated heterocycles. The molecule has 0 N–H and O–H groups in total. The number of hydrogen-bond acceptors (Lipinski definition) is 8. The lowest BCUT2D eigenvalue weighted by molar-refractivity contribution is -0.384. The second-order valence-corrected chi connectivity index (χ2v) is 9.13. The number of benzene rings is 1. The number of thiazole rings is 1.